The topological polar surface area (TPSA) is 9.23 Å². The molecular weight excluding hydrogens is 204 g/mol. The summed E-state index contributed by atoms with van der Waals surface area (Å²) in [5.41, 5.74) is 2.18. The molecule has 76 valence electrons. The van der Waals surface area contributed by atoms with E-state index in [-0.39, 0.29) is 0 Å². The number of methoxy groups -OCH3 is 1. The summed E-state index contributed by atoms with van der Waals surface area (Å²) >= 11 is 5.34. The SMILES string of the molecule is COc1ccccc1C1=CC=CCC1=S. The molecule has 0 saturated carbocycles. The van der Waals surface area contributed by atoms with Crippen LogP contribution in [0.2, 0.25) is 0 Å². The van der Waals surface area contributed by atoms with E-state index in [1.54, 1.807) is 7.11 Å². The lowest BCUT2D eigenvalue weighted by Gasteiger charge is -2.14. The molecular formula is C13H12OS. The molecule has 1 aliphatic rings. The van der Waals surface area contributed by atoms with Gasteiger partial charge in [0.1, 0.15) is 5.75 Å². The van der Waals surface area contributed by atoms with E-state index in [0.717, 1.165) is 28.2 Å². The van der Waals surface area contributed by atoms with Crippen molar-refractivity contribution in [3.63, 3.8) is 0 Å². The zero-order valence-electron chi connectivity index (χ0n) is 8.57. The molecule has 0 amide bonds. The number of allylic oxidation sites excluding steroid dienone is 4. The Kier molecular flexibility index (Phi) is 2.97. The van der Waals surface area contributed by atoms with Crippen LogP contribution in [0.3, 0.4) is 0 Å². The highest BCUT2D eigenvalue weighted by atomic mass is 32.1. The number of hydrogen-bond donors (Lipinski definition) is 0. The third-order valence-corrected chi connectivity index (χ3v) is 2.79. The van der Waals surface area contributed by atoms with Gasteiger partial charge < -0.3 is 4.74 Å². The van der Waals surface area contributed by atoms with E-state index in [9.17, 15) is 0 Å². The van der Waals surface area contributed by atoms with Gasteiger partial charge in [-0.2, -0.15) is 0 Å². The van der Waals surface area contributed by atoms with Gasteiger partial charge in [0, 0.05) is 16.8 Å². The minimum absolute atomic E-state index is 0.846. The van der Waals surface area contributed by atoms with Crippen LogP contribution < -0.4 is 4.74 Å². The summed E-state index contributed by atoms with van der Waals surface area (Å²) in [6.07, 6.45) is 7.00. The van der Waals surface area contributed by atoms with Gasteiger partial charge in [0.15, 0.2) is 0 Å². The Hall–Kier alpha value is -1.41. The van der Waals surface area contributed by atoms with Crippen molar-refractivity contribution < 1.29 is 4.74 Å². The molecule has 0 aromatic heterocycles. The van der Waals surface area contributed by atoms with Gasteiger partial charge in [-0.05, 0) is 11.6 Å². The van der Waals surface area contributed by atoms with Crippen molar-refractivity contribution in [2.45, 2.75) is 6.42 Å². The smallest absolute Gasteiger partial charge is 0.126 e. The average molecular weight is 216 g/mol. The average Bonchev–Trinajstić information content (AvgIpc) is 2.30. The van der Waals surface area contributed by atoms with Crippen LogP contribution in [0.5, 0.6) is 5.75 Å². The summed E-state index contributed by atoms with van der Waals surface area (Å²) in [5, 5.41) is 0. The Bertz CT molecular complexity index is 444. The lowest BCUT2D eigenvalue weighted by molar-refractivity contribution is 0.413. The minimum atomic E-state index is 0.846. The van der Waals surface area contributed by atoms with E-state index in [1.165, 1.54) is 0 Å². The molecule has 1 aromatic carbocycles. The molecule has 2 rings (SSSR count). The maximum atomic E-state index is 5.34. The highest BCUT2D eigenvalue weighted by Gasteiger charge is 2.12. The molecule has 0 radical (unpaired) electrons. The molecule has 0 bridgehead atoms. The molecule has 15 heavy (non-hydrogen) atoms. The van der Waals surface area contributed by atoms with Crippen LogP contribution in [0.1, 0.15) is 12.0 Å². The lowest BCUT2D eigenvalue weighted by Crippen LogP contribution is -2.02. The number of thiocarbonyl (C=S) groups is 1. The van der Waals surface area contributed by atoms with E-state index in [2.05, 4.69) is 6.08 Å². The maximum absolute atomic E-state index is 5.34. The first-order chi connectivity index (χ1) is 7.33. The first-order valence-electron chi connectivity index (χ1n) is 4.86. The summed E-state index contributed by atoms with van der Waals surface area (Å²) in [7, 11) is 1.68. The van der Waals surface area contributed by atoms with Crippen LogP contribution in [0, 0.1) is 0 Å². The molecule has 2 heteroatoms. The fourth-order valence-corrected chi connectivity index (χ4v) is 1.92. The maximum Gasteiger partial charge on any atom is 0.126 e. The van der Waals surface area contributed by atoms with Gasteiger partial charge in [-0.3, -0.25) is 0 Å². The zero-order valence-corrected chi connectivity index (χ0v) is 9.38. The van der Waals surface area contributed by atoms with Gasteiger partial charge in [-0.15, -0.1) is 0 Å². The molecule has 0 saturated heterocycles. The second-order valence-corrected chi connectivity index (χ2v) is 3.83. The molecule has 0 unspecified atom stereocenters. The second-order valence-electron chi connectivity index (χ2n) is 3.34. The summed E-state index contributed by atoms with van der Waals surface area (Å²) in [6, 6.07) is 7.96. The molecule has 1 nitrogen and oxygen atoms in total. The van der Waals surface area contributed by atoms with E-state index < -0.39 is 0 Å². The molecule has 0 fully saturated rings. The summed E-state index contributed by atoms with van der Waals surface area (Å²) in [4.78, 5) is 0.974. The number of hydrogen-bond acceptors (Lipinski definition) is 2. The van der Waals surface area contributed by atoms with Crippen molar-refractivity contribution in [3.05, 3.63) is 48.1 Å². The van der Waals surface area contributed by atoms with E-state index in [1.807, 2.05) is 36.4 Å². The summed E-state index contributed by atoms with van der Waals surface area (Å²) < 4.78 is 5.32. The van der Waals surface area contributed by atoms with Crippen molar-refractivity contribution in [2.24, 2.45) is 0 Å². The van der Waals surface area contributed by atoms with Crippen LogP contribution in [0.15, 0.2) is 42.5 Å². The monoisotopic (exact) mass is 216 g/mol. The zero-order chi connectivity index (χ0) is 10.7. The van der Waals surface area contributed by atoms with Crippen molar-refractivity contribution >= 4 is 22.7 Å². The molecule has 1 aliphatic carbocycles. The van der Waals surface area contributed by atoms with Gasteiger partial charge in [0.05, 0.1) is 7.11 Å². The van der Waals surface area contributed by atoms with Crippen LogP contribution in [-0.4, -0.2) is 12.0 Å². The Labute approximate surface area is 95.1 Å². The highest BCUT2D eigenvalue weighted by Crippen LogP contribution is 2.29. The van der Waals surface area contributed by atoms with Crippen molar-refractivity contribution in [3.8, 4) is 5.75 Å². The summed E-state index contributed by atoms with van der Waals surface area (Å²) in [5.74, 6) is 0.876. The molecule has 0 N–H and O–H groups in total. The Balaban J connectivity index is 2.48. The van der Waals surface area contributed by atoms with Gasteiger partial charge in [-0.1, -0.05) is 48.6 Å². The van der Waals surface area contributed by atoms with Gasteiger partial charge in [0.25, 0.3) is 0 Å². The van der Waals surface area contributed by atoms with Crippen molar-refractivity contribution in [1.82, 2.24) is 0 Å². The number of para-hydroxylation sites is 1. The first kappa shape index (κ1) is 10.1. The first-order valence-corrected chi connectivity index (χ1v) is 5.27. The van der Waals surface area contributed by atoms with Crippen LogP contribution >= 0.6 is 12.2 Å². The Morgan fingerprint density at radius 1 is 1.27 bits per heavy atom. The third kappa shape index (κ3) is 2.00. The fraction of sp³-hybridized carbons (Fsp3) is 0.154. The van der Waals surface area contributed by atoms with Crippen LogP contribution in [0.4, 0.5) is 0 Å². The van der Waals surface area contributed by atoms with E-state index >= 15 is 0 Å². The number of benzene rings is 1. The summed E-state index contributed by atoms with van der Waals surface area (Å²) in [6.45, 7) is 0. The minimum Gasteiger partial charge on any atom is -0.496 e. The standard InChI is InChI=1S/C13H12OS/c1-14-12-8-4-2-6-10(12)11-7-3-5-9-13(11)15/h2-8H,9H2,1H3. The quantitative estimate of drug-likeness (QED) is 0.701. The molecule has 1 aromatic rings. The third-order valence-electron chi connectivity index (χ3n) is 2.40. The van der Waals surface area contributed by atoms with Crippen LogP contribution in [-0.2, 0) is 0 Å². The van der Waals surface area contributed by atoms with E-state index in [0.29, 0.717) is 0 Å². The van der Waals surface area contributed by atoms with Gasteiger partial charge in [0.2, 0.25) is 0 Å². The fourth-order valence-electron chi connectivity index (χ4n) is 1.65. The molecule has 0 spiro atoms. The largest absolute Gasteiger partial charge is 0.496 e. The van der Waals surface area contributed by atoms with Gasteiger partial charge in [-0.25, -0.2) is 0 Å². The molecule has 0 atom stereocenters. The van der Waals surface area contributed by atoms with Crippen LogP contribution in [0.25, 0.3) is 5.57 Å². The van der Waals surface area contributed by atoms with Gasteiger partial charge >= 0.3 is 0 Å². The lowest BCUT2D eigenvalue weighted by atomic mass is 9.96. The highest BCUT2D eigenvalue weighted by molar-refractivity contribution is 7.81. The number of rotatable bonds is 2. The predicted molar refractivity (Wildman–Crippen MR) is 67.3 cm³/mol. The molecule has 0 heterocycles. The normalized spacial score (nSPS) is 15.0. The second kappa shape index (κ2) is 4.41. The Morgan fingerprint density at radius 3 is 2.80 bits per heavy atom. The Morgan fingerprint density at radius 2 is 2.07 bits per heavy atom. The van der Waals surface area contributed by atoms with E-state index in [4.69, 9.17) is 17.0 Å². The van der Waals surface area contributed by atoms with Crippen molar-refractivity contribution in [1.29, 1.82) is 0 Å². The predicted octanol–water partition coefficient (Wildman–Crippen LogP) is 3.41. The molecule has 0 aliphatic heterocycles. The van der Waals surface area contributed by atoms with Crippen molar-refractivity contribution in [2.75, 3.05) is 7.11 Å². The number of ether oxygens (including phenoxy) is 1.